The van der Waals surface area contributed by atoms with Crippen molar-refractivity contribution >= 4 is 17.5 Å². The zero-order chi connectivity index (χ0) is 25.9. The van der Waals surface area contributed by atoms with E-state index in [-0.39, 0.29) is 36.1 Å². The normalized spacial score (nSPS) is 16.3. The number of amides is 2. The van der Waals surface area contributed by atoms with Gasteiger partial charge < -0.3 is 24.4 Å². The summed E-state index contributed by atoms with van der Waals surface area (Å²) in [6, 6.07) is 17.7. The summed E-state index contributed by atoms with van der Waals surface area (Å²) in [4.78, 5) is 26.8. The van der Waals surface area contributed by atoms with Crippen LogP contribution >= 0.6 is 0 Å². The number of halogens is 1. The lowest BCUT2D eigenvalue weighted by atomic mass is 9.76. The van der Waals surface area contributed by atoms with Gasteiger partial charge in [0.05, 0.1) is 19.9 Å². The van der Waals surface area contributed by atoms with Gasteiger partial charge in [-0.1, -0.05) is 18.2 Å². The highest BCUT2D eigenvalue weighted by molar-refractivity contribution is 5.99. The molecule has 0 aromatic heterocycles. The Morgan fingerprint density at radius 1 is 0.973 bits per heavy atom. The summed E-state index contributed by atoms with van der Waals surface area (Å²) in [5.41, 5.74) is 3.10. The number of anilines is 1. The van der Waals surface area contributed by atoms with Crippen LogP contribution in [0.2, 0.25) is 0 Å². The Morgan fingerprint density at radius 3 is 2.38 bits per heavy atom. The quantitative estimate of drug-likeness (QED) is 0.519. The van der Waals surface area contributed by atoms with Crippen LogP contribution in [0.25, 0.3) is 0 Å². The van der Waals surface area contributed by atoms with Gasteiger partial charge in [-0.3, -0.25) is 9.59 Å². The second-order valence-corrected chi connectivity index (χ2v) is 9.32. The number of carbonyl (C=O) groups is 2. The Balaban J connectivity index is 1.36. The molecular formula is C29H29FN2O5. The number of methoxy groups -OCH3 is 2. The molecule has 0 radical (unpaired) electrons. The second kappa shape index (κ2) is 10.5. The molecule has 2 aliphatic rings. The van der Waals surface area contributed by atoms with E-state index >= 15 is 0 Å². The average Bonchev–Trinajstić information content (AvgIpc) is 2.93. The summed E-state index contributed by atoms with van der Waals surface area (Å²) in [6.07, 6.45) is 1.57. The zero-order valence-corrected chi connectivity index (χ0v) is 20.8. The highest BCUT2D eigenvalue weighted by Crippen LogP contribution is 2.41. The van der Waals surface area contributed by atoms with Crippen molar-refractivity contribution < 1.29 is 28.2 Å². The predicted molar refractivity (Wildman–Crippen MR) is 137 cm³/mol. The van der Waals surface area contributed by atoms with Crippen LogP contribution in [0.4, 0.5) is 10.1 Å². The van der Waals surface area contributed by atoms with Crippen LogP contribution in [-0.4, -0.2) is 50.6 Å². The van der Waals surface area contributed by atoms with E-state index in [2.05, 4.69) is 5.32 Å². The summed E-state index contributed by atoms with van der Waals surface area (Å²) in [5, 5.41) is 2.76. The topological polar surface area (TPSA) is 77.1 Å². The minimum Gasteiger partial charge on any atom is -0.493 e. The second-order valence-electron chi connectivity index (χ2n) is 9.32. The van der Waals surface area contributed by atoms with Crippen molar-refractivity contribution in [1.82, 2.24) is 4.90 Å². The smallest absolute Gasteiger partial charge is 0.262 e. The Morgan fingerprint density at radius 2 is 1.68 bits per heavy atom. The zero-order valence-electron chi connectivity index (χ0n) is 20.8. The molecule has 2 aliphatic heterocycles. The molecule has 1 fully saturated rings. The first kappa shape index (κ1) is 24.6. The number of benzene rings is 3. The van der Waals surface area contributed by atoms with E-state index in [1.54, 1.807) is 32.4 Å². The molecule has 192 valence electrons. The fourth-order valence-corrected chi connectivity index (χ4v) is 5.29. The number of rotatable bonds is 6. The van der Waals surface area contributed by atoms with Gasteiger partial charge in [0.25, 0.3) is 11.8 Å². The maximum atomic E-state index is 13.7. The van der Waals surface area contributed by atoms with E-state index in [1.165, 1.54) is 12.1 Å². The highest BCUT2D eigenvalue weighted by Gasteiger charge is 2.32. The van der Waals surface area contributed by atoms with Gasteiger partial charge in [0.1, 0.15) is 11.6 Å². The van der Waals surface area contributed by atoms with Crippen molar-refractivity contribution in [2.24, 2.45) is 5.92 Å². The number of likely N-dealkylation sites (tertiary alicyclic amines) is 1. The maximum Gasteiger partial charge on any atom is 0.262 e. The van der Waals surface area contributed by atoms with Crippen LogP contribution in [-0.2, 0) is 4.79 Å². The number of piperidine rings is 1. The third kappa shape index (κ3) is 5.09. The number of hydrogen-bond acceptors (Lipinski definition) is 5. The molecule has 2 heterocycles. The molecule has 2 amide bonds. The first-order valence-electron chi connectivity index (χ1n) is 12.3. The first-order chi connectivity index (χ1) is 18.0. The Kier molecular flexibility index (Phi) is 6.99. The van der Waals surface area contributed by atoms with Crippen LogP contribution in [0, 0.1) is 11.7 Å². The number of hydrogen-bond donors (Lipinski definition) is 1. The molecule has 0 bridgehead atoms. The standard InChI is InChI=1S/C29H29FN2O5/c1-35-25-10-5-20(16-26(25)36-2)28(18-3-7-22(30)8-4-18)19-11-13-32(14-12-19)29(34)21-6-9-24-23(15-21)31-27(33)17-37-24/h3-10,15-16,19,28H,11-14,17H2,1-2H3,(H,31,33). The molecule has 1 N–H and O–H groups in total. The van der Waals surface area contributed by atoms with E-state index < -0.39 is 0 Å². The number of carbonyl (C=O) groups excluding carboxylic acids is 2. The number of nitrogens with zero attached hydrogens (tertiary/aromatic N) is 1. The monoisotopic (exact) mass is 504 g/mol. The highest BCUT2D eigenvalue weighted by atomic mass is 19.1. The minimum atomic E-state index is -0.276. The van der Waals surface area contributed by atoms with Crippen LogP contribution in [0.3, 0.4) is 0 Å². The summed E-state index contributed by atoms with van der Waals surface area (Å²) >= 11 is 0. The van der Waals surface area contributed by atoms with E-state index in [4.69, 9.17) is 14.2 Å². The van der Waals surface area contributed by atoms with Crippen molar-refractivity contribution in [3.63, 3.8) is 0 Å². The SMILES string of the molecule is COc1ccc(C(c2ccc(F)cc2)C2CCN(C(=O)c3ccc4c(c3)NC(=O)CO4)CC2)cc1OC. The fraction of sp³-hybridized carbons (Fsp3) is 0.310. The molecule has 0 aliphatic carbocycles. The van der Waals surface area contributed by atoms with Crippen LogP contribution in [0.15, 0.2) is 60.7 Å². The Bertz CT molecular complexity index is 1300. The first-order valence-corrected chi connectivity index (χ1v) is 12.3. The molecular weight excluding hydrogens is 475 g/mol. The Hall–Kier alpha value is -4.07. The molecule has 37 heavy (non-hydrogen) atoms. The molecule has 1 unspecified atom stereocenters. The van der Waals surface area contributed by atoms with Gasteiger partial charge in [-0.05, 0) is 72.4 Å². The van der Waals surface area contributed by atoms with Gasteiger partial charge in [-0.2, -0.15) is 0 Å². The van der Waals surface area contributed by atoms with Gasteiger partial charge in [-0.25, -0.2) is 4.39 Å². The van der Waals surface area contributed by atoms with Gasteiger partial charge >= 0.3 is 0 Å². The third-order valence-electron chi connectivity index (χ3n) is 7.15. The van der Waals surface area contributed by atoms with E-state index in [1.807, 2.05) is 35.2 Å². The maximum absolute atomic E-state index is 13.7. The number of nitrogens with one attached hydrogen (secondary N) is 1. The summed E-state index contributed by atoms with van der Waals surface area (Å²) in [5.74, 6) is 1.51. The van der Waals surface area contributed by atoms with Crippen molar-refractivity contribution in [2.75, 3.05) is 39.2 Å². The lowest BCUT2D eigenvalue weighted by Gasteiger charge is -2.37. The van der Waals surface area contributed by atoms with Gasteiger partial charge in [0.2, 0.25) is 0 Å². The number of ether oxygens (including phenoxy) is 3. The van der Waals surface area contributed by atoms with Crippen LogP contribution in [0.5, 0.6) is 17.2 Å². The van der Waals surface area contributed by atoms with Crippen molar-refractivity contribution in [1.29, 1.82) is 0 Å². The molecule has 1 saturated heterocycles. The molecule has 3 aromatic carbocycles. The van der Waals surface area contributed by atoms with E-state index in [9.17, 15) is 14.0 Å². The molecule has 5 rings (SSSR count). The van der Waals surface area contributed by atoms with Crippen molar-refractivity contribution in [2.45, 2.75) is 18.8 Å². The Labute approximate surface area is 215 Å². The number of fused-ring (bicyclic) bond motifs is 1. The fourth-order valence-electron chi connectivity index (χ4n) is 5.29. The molecule has 7 nitrogen and oxygen atoms in total. The molecule has 8 heteroatoms. The summed E-state index contributed by atoms with van der Waals surface area (Å²) in [7, 11) is 3.21. The predicted octanol–water partition coefficient (Wildman–Crippen LogP) is 4.86. The largest absolute Gasteiger partial charge is 0.493 e. The molecule has 3 aromatic rings. The molecule has 0 saturated carbocycles. The third-order valence-corrected chi connectivity index (χ3v) is 7.15. The molecule has 1 atom stereocenters. The van der Waals surface area contributed by atoms with Gasteiger partial charge in [0.15, 0.2) is 18.1 Å². The van der Waals surface area contributed by atoms with Crippen molar-refractivity contribution in [3.8, 4) is 17.2 Å². The lowest BCUT2D eigenvalue weighted by molar-refractivity contribution is -0.118. The average molecular weight is 505 g/mol. The van der Waals surface area contributed by atoms with Gasteiger partial charge in [-0.15, -0.1) is 0 Å². The van der Waals surface area contributed by atoms with E-state index in [0.29, 0.717) is 41.6 Å². The summed E-state index contributed by atoms with van der Waals surface area (Å²) in [6.45, 7) is 1.16. The van der Waals surface area contributed by atoms with Crippen LogP contribution < -0.4 is 19.5 Å². The lowest BCUT2D eigenvalue weighted by Crippen LogP contribution is -2.40. The van der Waals surface area contributed by atoms with Crippen molar-refractivity contribution in [3.05, 3.63) is 83.2 Å². The molecule has 0 spiro atoms. The minimum absolute atomic E-state index is 0.00811. The van der Waals surface area contributed by atoms with Crippen LogP contribution in [0.1, 0.15) is 40.2 Å². The van der Waals surface area contributed by atoms with Gasteiger partial charge in [0, 0.05) is 24.6 Å². The van der Waals surface area contributed by atoms with E-state index in [0.717, 1.165) is 24.0 Å². The summed E-state index contributed by atoms with van der Waals surface area (Å²) < 4.78 is 30.1.